The molecule has 0 amide bonds. The monoisotopic (exact) mass is 246 g/mol. The Hall–Kier alpha value is -1.94. The lowest BCUT2D eigenvalue weighted by atomic mass is 10.1. The fourth-order valence-electron chi connectivity index (χ4n) is 1.74. The van der Waals surface area contributed by atoms with Crippen LogP contribution in [0, 0.1) is 5.82 Å². The first kappa shape index (κ1) is 12.5. The Bertz CT molecular complexity index is 516. The van der Waals surface area contributed by atoms with Crippen molar-refractivity contribution >= 4 is 0 Å². The second-order valence-corrected chi connectivity index (χ2v) is 3.96. The number of hydrogen-bond acceptors (Lipinski definition) is 3. The molecule has 1 unspecified atom stereocenters. The normalized spacial score (nSPS) is 12.2. The van der Waals surface area contributed by atoms with Crippen LogP contribution < -0.4 is 10.5 Å². The molecule has 1 aromatic carbocycles. The Morgan fingerprint density at radius 2 is 2.00 bits per heavy atom. The second-order valence-electron chi connectivity index (χ2n) is 3.96. The zero-order valence-electron chi connectivity index (χ0n) is 10.1. The molecule has 0 aliphatic carbocycles. The van der Waals surface area contributed by atoms with Gasteiger partial charge in [-0.05, 0) is 36.8 Å². The summed E-state index contributed by atoms with van der Waals surface area (Å²) in [5.41, 5.74) is 6.92. The number of benzene rings is 1. The Morgan fingerprint density at radius 1 is 1.28 bits per heavy atom. The summed E-state index contributed by atoms with van der Waals surface area (Å²) in [6.45, 7) is 2.02. The number of nitrogens with zero attached hydrogens (tertiary/aromatic N) is 1. The van der Waals surface area contributed by atoms with Gasteiger partial charge >= 0.3 is 0 Å². The minimum Gasteiger partial charge on any atom is -0.486 e. The molecule has 2 aromatic rings. The molecule has 3 nitrogen and oxygen atoms in total. The van der Waals surface area contributed by atoms with Crippen molar-refractivity contribution in [2.45, 2.75) is 19.6 Å². The molecule has 4 heteroatoms. The van der Waals surface area contributed by atoms with Crippen molar-refractivity contribution in [3.8, 4) is 5.75 Å². The number of pyridine rings is 1. The van der Waals surface area contributed by atoms with Crippen molar-refractivity contribution in [3.05, 3.63) is 59.7 Å². The summed E-state index contributed by atoms with van der Waals surface area (Å²) in [5.74, 6) is 0.152. The minimum absolute atomic E-state index is 0.116. The van der Waals surface area contributed by atoms with Gasteiger partial charge in [-0.15, -0.1) is 0 Å². The number of ether oxygens (including phenoxy) is 1. The van der Waals surface area contributed by atoms with E-state index in [-0.39, 0.29) is 18.5 Å². The summed E-state index contributed by atoms with van der Waals surface area (Å²) in [4.78, 5) is 3.95. The maximum atomic E-state index is 13.5. The number of hydrogen-bond donors (Lipinski definition) is 1. The largest absolute Gasteiger partial charge is 0.486 e. The van der Waals surface area contributed by atoms with Gasteiger partial charge in [0, 0.05) is 24.5 Å². The highest BCUT2D eigenvalue weighted by molar-refractivity contribution is 5.35. The van der Waals surface area contributed by atoms with Gasteiger partial charge in [0.05, 0.1) is 0 Å². The van der Waals surface area contributed by atoms with Crippen molar-refractivity contribution < 1.29 is 9.13 Å². The molecule has 0 aliphatic heterocycles. The highest BCUT2D eigenvalue weighted by atomic mass is 19.1. The lowest BCUT2D eigenvalue weighted by molar-refractivity contribution is 0.223. The average Bonchev–Trinajstić information content (AvgIpc) is 2.40. The van der Waals surface area contributed by atoms with E-state index in [2.05, 4.69) is 4.98 Å². The van der Waals surface area contributed by atoms with Crippen LogP contribution >= 0.6 is 0 Å². The van der Waals surface area contributed by atoms with Crippen molar-refractivity contribution in [2.75, 3.05) is 0 Å². The molecule has 2 rings (SSSR count). The topological polar surface area (TPSA) is 48.1 Å². The zero-order chi connectivity index (χ0) is 13.0. The van der Waals surface area contributed by atoms with Crippen LogP contribution in [0.25, 0.3) is 0 Å². The molecular formula is C14H15FN2O. The van der Waals surface area contributed by atoms with E-state index >= 15 is 0 Å². The molecule has 0 saturated carbocycles. The van der Waals surface area contributed by atoms with E-state index in [0.717, 1.165) is 5.56 Å². The predicted octanol–water partition coefficient (Wildman–Crippen LogP) is 2.82. The third-order valence-electron chi connectivity index (χ3n) is 2.76. The summed E-state index contributed by atoms with van der Waals surface area (Å²) >= 11 is 0. The summed E-state index contributed by atoms with van der Waals surface area (Å²) in [5, 5.41) is 0. The predicted molar refractivity (Wildman–Crippen MR) is 67.6 cm³/mol. The summed E-state index contributed by atoms with van der Waals surface area (Å²) in [6, 6.07) is 8.45. The standard InChI is InChI=1S/C14H15FN2O/c1-10(11-5-7-17-8-6-11)18-14-4-2-3-13(15)12(14)9-16/h2-8,10H,9,16H2,1H3. The van der Waals surface area contributed by atoms with Gasteiger partial charge < -0.3 is 10.5 Å². The smallest absolute Gasteiger partial charge is 0.131 e. The molecule has 94 valence electrons. The van der Waals surface area contributed by atoms with E-state index in [1.165, 1.54) is 6.07 Å². The lowest BCUT2D eigenvalue weighted by Crippen LogP contribution is -2.08. The van der Waals surface area contributed by atoms with Crippen LogP contribution in [0.2, 0.25) is 0 Å². The first-order chi connectivity index (χ1) is 8.72. The van der Waals surface area contributed by atoms with Gasteiger partial charge in [-0.25, -0.2) is 4.39 Å². The lowest BCUT2D eigenvalue weighted by Gasteiger charge is -2.17. The van der Waals surface area contributed by atoms with Gasteiger partial charge in [0.2, 0.25) is 0 Å². The Morgan fingerprint density at radius 3 is 2.67 bits per heavy atom. The molecule has 1 heterocycles. The van der Waals surface area contributed by atoms with Crippen molar-refractivity contribution in [3.63, 3.8) is 0 Å². The second kappa shape index (κ2) is 5.60. The quantitative estimate of drug-likeness (QED) is 0.902. The minimum atomic E-state index is -0.336. The van der Waals surface area contributed by atoms with E-state index in [9.17, 15) is 4.39 Å². The van der Waals surface area contributed by atoms with Gasteiger partial charge in [-0.2, -0.15) is 0 Å². The summed E-state index contributed by atoms with van der Waals surface area (Å²) in [7, 11) is 0. The molecule has 2 N–H and O–H groups in total. The van der Waals surface area contributed by atoms with Crippen LogP contribution in [0.1, 0.15) is 24.2 Å². The van der Waals surface area contributed by atoms with Gasteiger partial charge in [-0.3, -0.25) is 4.98 Å². The molecule has 0 saturated heterocycles. The fourth-order valence-corrected chi connectivity index (χ4v) is 1.74. The maximum Gasteiger partial charge on any atom is 0.131 e. The molecule has 1 aromatic heterocycles. The number of halogens is 1. The van der Waals surface area contributed by atoms with Crippen LogP contribution in [-0.2, 0) is 6.54 Å². The van der Waals surface area contributed by atoms with E-state index in [4.69, 9.17) is 10.5 Å². The molecule has 0 aliphatic rings. The molecule has 0 radical (unpaired) electrons. The number of rotatable bonds is 4. The average molecular weight is 246 g/mol. The van der Waals surface area contributed by atoms with Crippen LogP contribution in [-0.4, -0.2) is 4.98 Å². The van der Waals surface area contributed by atoms with E-state index in [0.29, 0.717) is 11.3 Å². The zero-order valence-corrected chi connectivity index (χ0v) is 10.1. The SMILES string of the molecule is CC(Oc1cccc(F)c1CN)c1ccncc1. The number of nitrogens with two attached hydrogens (primary N) is 1. The number of aromatic nitrogens is 1. The van der Waals surface area contributed by atoms with Gasteiger partial charge in [0.25, 0.3) is 0 Å². The van der Waals surface area contributed by atoms with Crippen LogP contribution in [0.15, 0.2) is 42.7 Å². The summed E-state index contributed by atoms with van der Waals surface area (Å²) in [6.07, 6.45) is 3.22. The van der Waals surface area contributed by atoms with E-state index in [1.54, 1.807) is 24.5 Å². The van der Waals surface area contributed by atoms with Crippen molar-refractivity contribution in [1.82, 2.24) is 4.98 Å². The molecule has 0 spiro atoms. The van der Waals surface area contributed by atoms with Crippen LogP contribution in [0.4, 0.5) is 4.39 Å². The van der Waals surface area contributed by atoms with E-state index in [1.807, 2.05) is 19.1 Å². The highest BCUT2D eigenvalue weighted by Gasteiger charge is 2.12. The Kier molecular flexibility index (Phi) is 3.89. The van der Waals surface area contributed by atoms with E-state index < -0.39 is 0 Å². The molecular weight excluding hydrogens is 231 g/mol. The van der Waals surface area contributed by atoms with Crippen LogP contribution in [0.5, 0.6) is 5.75 Å². The molecule has 1 atom stereocenters. The molecule has 0 bridgehead atoms. The van der Waals surface area contributed by atoms with Crippen molar-refractivity contribution in [1.29, 1.82) is 0 Å². The highest BCUT2D eigenvalue weighted by Crippen LogP contribution is 2.26. The van der Waals surface area contributed by atoms with Gasteiger partial charge in [-0.1, -0.05) is 6.07 Å². The molecule has 18 heavy (non-hydrogen) atoms. The Labute approximate surface area is 105 Å². The maximum absolute atomic E-state index is 13.5. The van der Waals surface area contributed by atoms with Crippen molar-refractivity contribution in [2.24, 2.45) is 5.73 Å². The fraction of sp³-hybridized carbons (Fsp3) is 0.214. The third kappa shape index (κ3) is 2.65. The van der Waals surface area contributed by atoms with Gasteiger partial charge in [0.1, 0.15) is 17.7 Å². The Balaban J connectivity index is 2.22. The first-order valence-electron chi connectivity index (χ1n) is 5.76. The van der Waals surface area contributed by atoms with Crippen LogP contribution in [0.3, 0.4) is 0 Å². The molecule has 0 fully saturated rings. The first-order valence-corrected chi connectivity index (χ1v) is 5.76. The summed E-state index contributed by atoms with van der Waals surface area (Å²) < 4.78 is 19.3. The third-order valence-corrected chi connectivity index (χ3v) is 2.76. The van der Waals surface area contributed by atoms with Gasteiger partial charge in [0.15, 0.2) is 0 Å².